The predicted octanol–water partition coefficient (Wildman–Crippen LogP) is 3.34. The monoisotopic (exact) mass is 320 g/mol. The molecule has 0 radical (unpaired) electrons. The molecule has 0 unspecified atom stereocenters. The zero-order valence-corrected chi connectivity index (χ0v) is 13.0. The van der Waals surface area contributed by atoms with Gasteiger partial charge in [-0.2, -0.15) is 5.10 Å². The van der Waals surface area contributed by atoms with E-state index in [4.69, 9.17) is 5.10 Å². The van der Waals surface area contributed by atoms with Gasteiger partial charge in [-0.25, -0.2) is 4.68 Å². The molecule has 2 heterocycles. The van der Waals surface area contributed by atoms with Gasteiger partial charge in [0.25, 0.3) is 5.69 Å². The lowest BCUT2D eigenvalue weighted by molar-refractivity contribution is -0.384. The first-order valence-corrected chi connectivity index (χ1v) is 7.83. The predicted molar refractivity (Wildman–Crippen MR) is 91.4 cm³/mol. The van der Waals surface area contributed by atoms with Gasteiger partial charge in [-0.05, 0) is 36.2 Å². The molecular formula is C18H16N4O2. The highest BCUT2D eigenvalue weighted by Crippen LogP contribution is 2.26. The summed E-state index contributed by atoms with van der Waals surface area (Å²) in [5, 5.41) is 15.5. The van der Waals surface area contributed by atoms with E-state index in [2.05, 4.69) is 11.1 Å². The largest absolute Gasteiger partial charge is 0.365 e. The van der Waals surface area contributed by atoms with Crippen LogP contribution in [-0.2, 0) is 13.0 Å². The molecule has 2 aromatic carbocycles. The maximum atomic E-state index is 10.8. The smallest absolute Gasteiger partial charge is 0.269 e. The molecule has 0 saturated carbocycles. The van der Waals surface area contributed by atoms with Gasteiger partial charge in [0, 0.05) is 30.6 Å². The first kappa shape index (κ1) is 14.4. The molecule has 0 bridgehead atoms. The van der Waals surface area contributed by atoms with Crippen molar-refractivity contribution in [3.63, 3.8) is 0 Å². The van der Waals surface area contributed by atoms with Crippen molar-refractivity contribution in [2.75, 3.05) is 11.4 Å². The lowest BCUT2D eigenvalue weighted by Crippen LogP contribution is -2.30. The van der Waals surface area contributed by atoms with Gasteiger partial charge in [-0.3, -0.25) is 10.1 Å². The molecule has 4 rings (SSSR count). The van der Waals surface area contributed by atoms with Crippen LogP contribution in [0.3, 0.4) is 0 Å². The second-order valence-corrected chi connectivity index (χ2v) is 5.83. The Balaban J connectivity index is 1.57. The van der Waals surface area contributed by atoms with E-state index < -0.39 is 0 Å². The highest BCUT2D eigenvalue weighted by atomic mass is 16.6. The van der Waals surface area contributed by atoms with Gasteiger partial charge in [0.2, 0.25) is 0 Å². The number of nitro groups is 1. The summed E-state index contributed by atoms with van der Waals surface area (Å²) in [6.07, 6.45) is 3.01. The summed E-state index contributed by atoms with van der Waals surface area (Å²) in [6.45, 7) is 1.60. The standard InChI is InChI=1S/C18H16N4O2/c23-22(24)17-8-6-15(7-9-17)20-11-10-14-12-21(19-18(14)13-20)16-4-2-1-3-5-16/h1-9,12H,10-11,13H2. The zero-order chi connectivity index (χ0) is 16.5. The van der Waals surface area contributed by atoms with E-state index in [0.717, 1.165) is 30.0 Å². The molecular weight excluding hydrogens is 304 g/mol. The Morgan fingerprint density at radius 2 is 1.75 bits per heavy atom. The van der Waals surface area contributed by atoms with Crippen molar-refractivity contribution in [3.8, 4) is 5.69 Å². The molecule has 0 amide bonds. The van der Waals surface area contributed by atoms with Gasteiger partial charge in [0.15, 0.2) is 0 Å². The van der Waals surface area contributed by atoms with Crippen LogP contribution in [0.2, 0.25) is 0 Å². The summed E-state index contributed by atoms with van der Waals surface area (Å²) in [7, 11) is 0. The minimum atomic E-state index is -0.375. The van der Waals surface area contributed by atoms with Crippen LogP contribution in [0.4, 0.5) is 11.4 Å². The third-order valence-electron chi connectivity index (χ3n) is 4.32. The van der Waals surface area contributed by atoms with Crippen molar-refractivity contribution in [1.82, 2.24) is 9.78 Å². The molecule has 6 nitrogen and oxygen atoms in total. The van der Waals surface area contributed by atoms with Crippen molar-refractivity contribution in [3.05, 3.63) is 82.2 Å². The molecule has 1 aliphatic heterocycles. The molecule has 0 aliphatic carbocycles. The minimum Gasteiger partial charge on any atom is -0.365 e. The lowest BCUT2D eigenvalue weighted by Gasteiger charge is -2.27. The van der Waals surface area contributed by atoms with E-state index in [9.17, 15) is 10.1 Å². The Kier molecular flexibility index (Phi) is 3.49. The van der Waals surface area contributed by atoms with Gasteiger partial charge >= 0.3 is 0 Å². The number of benzene rings is 2. The Bertz CT molecular complexity index is 872. The minimum absolute atomic E-state index is 0.116. The van der Waals surface area contributed by atoms with Gasteiger partial charge in [0.05, 0.1) is 22.8 Å². The van der Waals surface area contributed by atoms with Crippen LogP contribution in [0.5, 0.6) is 0 Å². The number of hydrogen-bond acceptors (Lipinski definition) is 4. The topological polar surface area (TPSA) is 64.2 Å². The fourth-order valence-electron chi connectivity index (χ4n) is 3.02. The van der Waals surface area contributed by atoms with Gasteiger partial charge in [0.1, 0.15) is 0 Å². The lowest BCUT2D eigenvalue weighted by atomic mass is 10.1. The SMILES string of the molecule is O=[N+]([O-])c1ccc(N2CCc3cn(-c4ccccc4)nc3C2)cc1. The summed E-state index contributed by atoms with van der Waals surface area (Å²) >= 11 is 0. The van der Waals surface area contributed by atoms with E-state index in [1.165, 1.54) is 5.56 Å². The molecule has 0 fully saturated rings. The first-order chi connectivity index (χ1) is 11.7. The first-order valence-electron chi connectivity index (χ1n) is 7.83. The van der Waals surface area contributed by atoms with Crippen LogP contribution in [0.15, 0.2) is 60.8 Å². The molecule has 0 N–H and O–H groups in total. The van der Waals surface area contributed by atoms with Crippen LogP contribution in [0.25, 0.3) is 5.69 Å². The summed E-state index contributed by atoms with van der Waals surface area (Å²) in [5.74, 6) is 0. The maximum absolute atomic E-state index is 10.8. The zero-order valence-electron chi connectivity index (χ0n) is 13.0. The summed E-state index contributed by atoms with van der Waals surface area (Å²) in [4.78, 5) is 12.6. The summed E-state index contributed by atoms with van der Waals surface area (Å²) < 4.78 is 1.92. The Morgan fingerprint density at radius 3 is 2.46 bits per heavy atom. The van der Waals surface area contributed by atoms with Crippen LogP contribution >= 0.6 is 0 Å². The van der Waals surface area contributed by atoms with Crippen LogP contribution in [0, 0.1) is 10.1 Å². The Labute approximate surface area is 139 Å². The van der Waals surface area contributed by atoms with E-state index >= 15 is 0 Å². The number of nitro benzene ring substituents is 1. The number of rotatable bonds is 3. The van der Waals surface area contributed by atoms with Crippen molar-refractivity contribution in [1.29, 1.82) is 0 Å². The van der Waals surface area contributed by atoms with E-state index in [0.29, 0.717) is 6.54 Å². The molecule has 120 valence electrons. The molecule has 0 atom stereocenters. The molecule has 3 aromatic rings. The van der Waals surface area contributed by atoms with E-state index in [1.54, 1.807) is 24.3 Å². The van der Waals surface area contributed by atoms with Gasteiger partial charge < -0.3 is 4.90 Å². The second-order valence-electron chi connectivity index (χ2n) is 5.83. The fourth-order valence-corrected chi connectivity index (χ4v) is 3.02. The van der Waals surface area contributed by atoms with E-state index in [1.807, 2.05) is 35.0 Å². The second kappa shape index (κ2) is 5.81. The average Bonchev–Trinajstić information content (AvgIpc) is 3.06. The molecule has 0 saturated heterocycles. The molecule has 0 spiro atoms. The third-order valence-corrected chi connectivity index (χ3v) is 4.32. The number of para-hydroxylation sites is 1. The van der Waals surface area contributed by atoms with Gasteiger partial charge in [-0.15, -0.1) is 0 Å². The van der Waals surface area contributed by atoms with Crippen molar-refractivity contribution in [2.45, 2.75) is 13.0 Å². The highest BCUT2D eigenvalue weighted by molar-refractivity contribution is 5.52. The van der Waals surface area contributed by atoms with Crippen LogP contribution in [0.1, 0.15) is 11.3 Å². The molecule has 6 heteroatoms. The number of fused-ring (bicyclic) bond motifs is 1. The quantitative estimate of drug-likeness (QED) is 0.548. The third kappa shape index (κ3) is 2.62. The van der Waals surface area contributed by atoms with Crippen molar-refractivity contribution < 1.29 is 4.92 Å². The summed E-state index contributed by atoms with van der Waals surface area (Å²) in [5.41, 5.74) is 4.47. The maximum Gasteiger partial charge on any atom is 0.269 e. The number of anilines is 1. The normalized spacial score (nSPS) is 13.6. The number of non-ortho nitro benzene ring substituents is 1. The number of nitrogens with zero attached hydrogens (tertiary/aromatic N) is 4. The van der Waals surface area contributed by atoms with E-state index in [-0.39, 0.29) is 10.6 Å². The molecule has 24 heavy (non-hydrogen) atoms. The Hall–Kier alpha value is -3.15. The Morgan fingerprint density at radius 1 is 1.00 bits per heavy atom. The van der Waals surface area contributed by atoms with Crippen molar-refractivity contribution >= 4 is 11.4 Å². The molecule has 1 aliphatic rings. The number of hydrogen-bond donors (Lipinski definition) is 0. The fraction of sp³-hybridized carbons (Fsp3) is 0.167. The van der Waals surface area contributed by atoms with Crippen LogP contribution in [-0.4, -0.2) is 21.2 Å². The molecule has 1 aromatic heterocycles. The average molecular weight is 320 g/mol. The van der Waals surface area contributed by atoms with Crippen molar-refractivity contribution in [2.24, 2.45) is 0 Å². The van der Waals surface area contributed by atoms with Gasteiger partial charge in [-0.1, -0.05) is 18.2 Å². The van der Waals surface area contributed by atoms with Crippen LogP contribution < -0.4 is 4.90 Å². The summed E-state index contributed by atoms with van der Waals surface area (Å²) in [6, 6.07) is 16.8. The highest BCUT2D eigenvalue weighted by Gasteiger charge is 2.20. The number of aromatic nitrogens is 2.